The molecule has 0 radical (unpaired) electrons. The van der Waals surface area contributed by atoms with Crippen LogP contribution < -0.4 is 0 Å². The van der Waals surface area contributed by atoms with Gasteiger partial charge in [0, 0.05) is 32.3 Å². The molecule has 0 atom stereocenters. The molecule has 2 aliphatic carbocycles. The summed E-state index contributed by atoms with van der Waals surface area (Å²) in [7, 11) is 0. The highest BCUT2D eigenvalue weighted by Crippen LogP contribution is 2.40. The van der Waals surface area contributed by atoms with Crippen molar-refractivity contribution in [1.82, 2.24) is 0 Å². The molecule has 19 heavy (non-hydrogen) atoms. The Morgan fingerprint density at radius 2 is 1.58 bits per heavy atom. The maximum absolute atomic E-state index is 9.17. The van der Waals surface area contributed by atoms with Crippen LogP contribution in [0.3, 0.4) is 0 Å². The van der Waals surface area contributed by atoms with Crippen molar-refractivity contribution in [2.75, 3.05) is 6.61 Å². The average Bonchev–Trinajstić information content (AvgIpc) is 2.88. The number of hydrogen-bond acceptors (Lipinski definition) is 5. The number of ether oxygens (including phenoxy) is 1. The molecule has 112 valence electrons. The Morgan fingerprint density at radius 1 is 1.00 bits per heavy atom. The Balaban J connectivity index is 1.91. The van der Waals surface area contributed by atoms with Gasteiger partial charge in [0.15, 0.2) is 0 Å². The molecule has 1 N–H and O–H groups in total. The van der Waals surface area contributed by atoms with Gasteiger partial charge in [-0.25, -0.2) is 10.1 Å². The first-order valence-corrected chi connectivity index (χ1v) is 7.47. The minimum absolute atomic E-state index is 0.591. The largest absolute Gasteiger partial charge is 0.348 e. The van der Waals surface area contributed by atoms with Gasteiger partial charge in [0.2, 0.25) is 11.6 Å². The van der Waals surface area contributed by atoms with Crippen molar-refractivity contribution in [1.29, 1.82) is 0 Å². The summed E-state index contributed by atoms with van der Waals surface area (Å²) in [5, 5.41) is 9.17. The van der Waals surface area contributed by atoms with Crippen LogP contribution in [0.5, 0.6) is 0 Å². The zero-order valence-corrected chi connectivity index (χ0v) is 12.0. The molecule has 2 saturated carbocycles. The molecule has 5 nitrogen and oxygen atoms in total. The average molecular weight is 274 g/mol. The lowest BCUT2D eigenvalue weighted by Gasteiger charge is -2.37. The van der Waals surface area contributed by atoms with Crippen molar-refractivity contribution >= 4 is 0 Å². The van der Waals surface area contributed by atoms with E-state index in [1.54, 1.807) is 0 Å². The molecule has 0 aromatic rings. The number of rotatable bonds is 6. The smallest absolute Gasteiger partial charge is 0.233 e. The van der Waals surface area contributed by atoms with Crippen LogP contribution >= 0.6 is 0 Å². The van der Waals surface area contributed by atoms with Gasteiger partial charge in [-0.15, -0.1) is 0 Å². The molecule has 5 heteroatoms. The lowest BCUT2D eigenvalue weighted by atomic mass is 9.86. The van der Waals surface area contributed by atoms with Gasteiger partial charge < -0.3 is 4.74 Å². The molecule has 0 spiro atoms. The van der Waals surface area contributed by atoms with Crippen LogP contribution in [0.15, 0.2) is 0 Å². The Hall–Kier alpha value is -0.200. The molecule has 0 heterocycles. The molecule has 2 fully saturated rings. The van der Waals surface area contributed by atoms with Crippen molar-refractivity contribution < 1.29 is 24.7 Å². The maximum atomic E-state index is 9.17. The first-order chi connectivity index (χ1) is 9.14. The molecule has 0 aliphatic heterocycles. The van der Waals surface area contributed by atoms with E-state index in [9.17, 15) is 0 Å². The Labute approximate surface area is 115 Å². The topological polar surface area (TPSA) is 57.2 Å². The molecule has 0 aromatic heterocycles. The molecule has 2 rings (SSSR count). The second kappa shape index (κ2) is 6.50. The third-order valence-corrected chi connectivity index (χ3v) is 4.32. The van der Waals surface area contributed by atoms with Crippen molar-refractivity contribution in [3.05, 3.63) is 0 Å². The Kier molecular flexibility index (Phi) is 5.20. The Morgan fingerprint density at radius 3 is 2.11 bits per heavy atom. The van der Waals surface area contributed by atoms with Crippen LogP contribution in [0.1, 0.15) is 65.2 Å². The molecule has 0 aromatic carbocycles. The highest BCUT2D eigenvalue weighted by Gasteiger charge is 2.44. The SMILES string of the molecule is CCOC1(OOC2(OO)CCC(C)CC2)CCCC1. The summed E-state index contributed by atoms with van der Waals surface area (Å²) in [6.07, 6.45) is 7.04. The molecular formula is C14H26O5. The zero-order chi connectivity index (χ0) is 13.8. The van der Waals surface area contributed by atoms with Crippen LogP contribution in [0.4, 0.5) is 0 Å². The Bertz CT molecular complexity index is 267. The molecule has 0 unspecified atom stereocenters. The van der Waals surface area contributed by atoms with E-state index in [1.165, 1.54) is 0 Å². The van der Waals surface area contributed by atoms with Gasteiger partial charge in [-0.2, -0.15) is 9.78 Å². The molecular weight excluding hydrogens is 248 g/mol. The van der Waals surface area contributed by atoms with E-state index in [2.05, 4.69) is 11.8 Å². The summed E-state index contributed by atoms with van der Waals surface area (Å²) >= 11 is 0. The lowest BCUT2D eigenvalue weighted by Crippen LogP contribution is -2.43. The lowest BCUT2D eigenvalue weighted by molar-refractivity contribution is -0.549. The summed E-state index contributed by atoms with van der Waals surface area (Å²) in [5.74, 6) is -1.03. The van der Waals surface area contributed by atoms with Crippen molar-refractivity contribution in [2.45, 2.75) is 76.8 Å². The van der Waals surface area contributed by atoms with Crippen molar-refractivity contribution in [3.63, 3.8) is 0 Å². The van der Waals surface area contributed by atoms with E-state index in [-0.39, 0.29) is 0 Å². The highest BCUT2D eigenvalue weighted by molar-refractivity contribution is 4.79. The second-order valence-corrected chi connectivity index (χ2v) is 5.90. The van der Waals surface area contributed by atoms with E-state index in [1.807, 2.05) is 6.92 Å². The number of hydrogen-bond donors (Lipinski definition) is 1. The quantitative estimate of drug-likeness (QED) is 0.455. The standard InChI is InChI=1S/C14H26O5/c1-3-16-13(8-4-5-9-13)18-19-14(17-15)10-6-12(2)7-11-14/h12,15H,3-11H2,1-2H3. The van der Waals surface area contributed by atoms with Gasteiger partial charge in [-0.05, 0) is 38.5 Å². The zero-order valence-electron chi connectivity index (χ0n) is 12.0. The van der Waals surface area contributed by atoms with Crippen molar-refractivity contribution in [3.8, 4) is 0 Å². The highest BCUT2D eigenvalue weighted by atomic mass is 17.3. The van der Waals surface area contributed by atoms with E-state index >= 15 is 0 Å². The summed E-state index contributed by atoms with van der Waals surface area (Å²) in [6.45, 7) is 4.73. The van der Waals surface area contributed by atoms with Gasteiger partial charge in [-0.3, -0.25) is 0 Å². The van der Waals surface area contributed by atoms with Gasteiger partial charge in [0.1, 0.15) is 0 Å². The van der Waals surface area contributed by atoms with Crippen LogP contribution in [0, 0.1) is 5.92 Å². The predicted octanol–water partition coefficient (Wildman–Crippen LogP) is 3.64. The summed E-state index contributed by atoms with van der Waals surface area (Å²) in [6, 6.07) is 0. The van der Waals surface area contributed by atoms with Gasteiger partial charge in [0.05, 0.1) is 0 Å². The van der Waals surface area contributed by atoms with Crippen LogP contribution in [-0.4, -0.2) is 23.4 Å². The fourth-order valence-corrected chi connectivity index (χ4v) is 2.97. The fourth-order valence-electron chi connectivity index (χ4n) is 2.97. The van der Waals surface area contributed by atoms with Gasteiger partial charge >= 0.3 is 0 Å². The summed E-state index contributed by atoms with van der Waals surface area (Å²) in [4.78, 5) is 15.7. The third kappa shape index (κ3) is 3.67. The molecule has 0 saturated heterocycles. The minimum Gasteiger partial charge on any atom is -0.348 e. The van der Waals surface area contributed by atoms with E-state index in [0.29, 0.717) is 25.4 Å². The first-order valence-electron chi connectivity index (χ1n) is 7.47. The third-order valence-electron chi connectivity index (χ3n) is 4.32. The van der Waals surface area contributed by atoms with Crippen LogP contribution in [0.25, 0.3) is 0 Å². The summed E-state index contributed by atoms with van der Waals surface area (Å²) in [5.41, 5.74) is 0. The first kappa shape index (κ1) is 15.2. The van der Waals surface area contributed by atoms with E-state index in [0.717, 1.165) is 38.5 Å². The monoisotopic (exact) mass is 274 g/mol. The summed E-state index contributed by atoms with van der Waals surface area (Å²) < 4.78 is 5.71. The van der Waals surface area contributed by atoms with Crippen LogP contribution in [0.2, 0.25) is 0 Å². The maximum Gasteiger partial charge on any atom is 0.233 e. The minimum atomic E-state index is -1.01. The second-order valence-electron chi connectivity index (χ2n) is 5.90. The van der Waals surface area contributed by atoms with Gasteiger partial charge in [0.25, 0.3) is 0 Å². The van der Waals surface area contributed by atoms with E-state index < -0.39 is 11.6 Å². The predicted molar refractivity (Wildman–Crippen MR) is 69.1 cm³/mol. The normalized spacial score (nSPS) is 34.6. The molecule has 0 bridgehead atoms. The van der Waals surface area contributed by atoms with E-state index in [4.69, 9.17) is 19.8 Å². The van der Waals surface area contributed by atoms with Crippen molar-refractivity contribution in [2.24, 2.45) is 5.92 Å². The van der Waals surface area contributed by atoms with Gasteiger partial charge in [-0.1, -0.05) is 6.92 Å². The fraction of sp³-hybridized carbons (Fsp3) is 1.00. The van der Waals surface area contributed by atoms with Crippen LogP contribution in [-0.2, 0) is 19.4 Å². The molecule has 2 aliphatic rings. The molecule has 0 amide bonds.